The predicted octanol–water partition coefficient (Wildman–Crippen LogP) is 3.71. The van der Waals surface area contributed by atoms with Gasteiger partial charge in [-0.1, -0.05) is 25.7 Å². The van der Waals surface area contributed by atoms with Gasteiger partial charge in [-0.15, -0.1) is 0 Å². The summed E-state index contributed by atoms with van der Waals surface area (Å²) in [7, 11) is 0. The predicted molar refractivity (Wildman–Crippen MR) is 83.3 cm³/mol. The molecule has 1 N–H and O–H groups in total. The summed E-state index contributed by atoms with van der Waals surface area (Å²) < 4.78 is 5.09. The summed E-state index contributed by atoms with van der Waals surface area (Å²) in [6.07, 6.45) is 5.62. The van der Waals surface area contributed by atoms with Crippen LogP contribution in [-0.4, -0.2) is 22.0 Å². The van der Waals surface area contributed by atoms with Gasteiger partial charge in [0.25, 0.3) is 5.69 Å². The van der Waals surface area contributed by atoms with Gasteiger partial charge in [0.15, 0.2) is 0 Å². The lowest BCUT2D eigenvalue weighted by atomic mass is 10.1. The Morgan fingerprint density at radius 1 is 0.957 bits per heavy atom. The fourth-order valence-electron chi connectivity index (χ4n) is 2.07. The fourth-order valence-corrected chi connectivity index (χ4v) is 2.07. The molecule has 7 heteroatoms. The van der Waals surface area contributed by atoms with Crippen LogP contribution in [0.1, 0.15) is 51.4 Å². The monoisotopic (exact) mass is 323 g/mol. The third kappa shape index (κ3) is 8.55. The normalized spacial score (nSPS) is 10.3. The second kappa shape index (κ2) is 10.3. The maximum atomic E-state index is 11.6. The van der Waals surface area contributed by atoms with E-state index >= 15 is 0 Å². The van der Waals surface area contributed by atoms with Crippen LogP contribution in [0.2, 0.25) is 0 Å². The van der Waals surface area contributed by atoms with Gasteiger partial charge in [-0.25, -0.2) is 0 Å². The van der Waals surface area contributed by atoms with E-state index in [1.165, 1.54) is 24.3 Å². The van der Waals surface area contributed by atoms with Crippen LogP contribution in [0.15, 0.2) is 24.3 Å². The van der Waals surface area contributed by atoms with Gasteiger partial charge in [0.2, 0.25) is 0 Å². The number of unbranched alkanes of at least 4 members (excludes halogenated alkanes) is 5. The molecule has 0 saturated heterocycles. The Bertz CT molecular complexity index is 526. The summed E-state index contributed by atoms with van der Waals surface area (Å²) in [6.45, 7) is 0. The molecule has 7 nitrogen and oxygen atoms in total. The number of carbonyl (C=O) groups is 2. The maximum absolute atomic E-state index is 11.6. The van der Waals surface area contributed by atoms with Gasteiger partial charge < -0.3 is 9.84 Å². The molecule has 0 aromatic heterocycles. The molecule has 0 bridgehead atoms. The van der Waals surface area contributed by atoms with E-state index in [2.05, 4.69) is 0 Å². The van der Waals surface area contributed by atoms with Gasteiger partial charge in [-0.3, -0.25) is 19.7 Å². The number of non-ortho nitro benzene ring substituents is 1. The molecule has 1 aromatic carbocycles. The van der Waals surface area contributed by atoms with Crippen molar-refractivity contribution in [2.45, 2.75) is 51.4 Å². The average molecular weight is 323 g/mol. The van der Waals surface area contributed by atoms with Gasteiger partial charge in [-0.05, 0) is 25.0 Å². The number of nitrogens with zero attached hydrogens (tertiary/aromatic N) is 1. The third-order valence-electron chi connectivity index (χ3n) is 3.30. The first-order chi connectivity index (χ1) is 11.0. The number of nitro benzene ring substituents is 1. The molecule has 0 aliphatic carbocycles. The molecule has 0 aliphatic heterocycles. The lowest BCUT2D eigenvalue weighted by Crippen LogP contribution is -2.07. The van der Waals surface area contributed by atoms with E-state index in [0.717, 1.165) is 25.7 Å². The van der Waals surface area contributed by atoms with Crippen molar-refractivity contribution in [1.29, 1.82) is 0 Å². The molecular formula is C16H21NO6. The first-order valence-electron chi connectivity index (χ1n) is 7.66. The van der Waals surface area contributed by atoms with Crippen LogP contribution in [0.3, 0.4) is 0 Å². The van der Waals surface area contributed by atoms with Crippen molar-refractivity contribution < 1.29 is 24.4 Å². The molecule has 23 heavy (non-hydrogen) atoms. The number of hydrogen-bond acceptors (Lipinski definition) is 5. The van der Waals surface area contributed by atoms with Crippen molar-refractivity contribution in [2.24, 2.45) is 0 Å². The SMILES string of the molecule is O=C(O)CCCCCCCCC(=O)Oc1ccc([N+](=O)[O-])cc1. The zero-order chi connectivity index (χ0) is 17.1. The molecule has 1 aromatic rings. The number of rotatable bonds is 11. The Balaban J connectivity index is 2.10. The van der Waals surface area contributed by atoms with Crippen molar-refractivity contribution in [3.63, 3.8) is 0 Å². The fraction of sp³-hybridized carbons (Fsp3) is 0.500. The van der Waals surface area contributed by atoms with Crippen molar-refractivity contribution in [1.82, 2.24) is 0 Å². The van der Waals surface area contributed by atoms with E-state index in [0.29, 0.717) is 25.0 Å². The quantitative estimate of drug-likeness (QED) is 0.219. The molecule has 0 spiro atoms. The highest BCUT2D eigenvalue weighted by molar-refractivity contribution is 5.72. The second-order valence-corrected chi connectivity index (χ2v) is 5.24. The zero-order valence-corrected chi connectivity index (χ0v) is 12.9. The summed E-state index contributed by atoms with van der Waals surface area (Å²) >= 11 is 0. The summed E-state index contributed by atoms with van der Waals surface area (Å²) in [4.78, 5) is 31.9. The number of nitro groups is 1. The summed E-state index contributed by atoms with van der Waals surface area (Å²) in [5.41, 5.74) is -0.0484. The number of aliphatic carboxylic acids is 1. The maximum Gasteiger partial charge on any atom is 0.311 e. The highest BCUT2D eigenvalue weighted by Crippen LogP contribution is 2.18. The van der Waals surface area contributed by atoms with Gasteiger partial charge in [0.05, 0.1) is 4.92 Å². The number of carbonyl (C=O) groups excluding carboxylic acids is 1. The van der Waals surface area contributed by atoms with Crippen LogP contribution in [-0.2, 0) is 9.59 Å². The van der Waals surface area contributed by atoms with Crippen molar-refractivity contribution in [3.05, 3.63) is 34.4 Å². The molecule has 0 fully saturated rings. The third-order valence-corrected chi connectivity index (χ3v) is 3.30. The molecule has 0 unspecified atom stereocenters. The van der Waals surface area contributed by atoms with Gasteiger partial charge in [0, 0.05) is 25.0 Å². The summed E-state index contributed by atoms with van der Waals surface area (Å²) in [5, 5.41) is 19.0. The minimum absolute atomic E-state index is 0.0484. The Morgan fingerprint density at radius 3 is 2.00 bits per heavy atom. The van der Waals surface area contributed by atoms with Crippen LogP contribution in [0.4, 0.5) is 5.69 Å². The molecule has 0 amide bonds. The Morgan fingerprint density at radius 2 is 1.48 bits per heavy atom. The van der Waals surface area contributed by atoms with Crippen LogP contribution in [0.25, 0.3) is 0 Å². The zero-order valence-electron chi connectivity index (χ0n) is 12.9. The highest BCUT2D eigenvalue weighted by Gasteiger charge is 2.08. The molecule has 126 valence electrons. The first kappa shape index (κ1) is 18.6. The molecule has 1 rings (SSSR count). The van der Waals surface area contributed by atoms with E-state index in [1.807, 2.05) is 0 Å². The minimum Gasteiger partial charge on any atom is -0.481 e. The van der Waals surface area contributed by atoms with Crippen molar-refractivity contribution in [3.8, 4) is 5.75 Å². The first-order valence-corrected chi connectivity index (χ1v) is 7.66. The van der Waals surface area contributed by atoms with E-state index in [9.17, 15) is 19.7 Å². The molecular weight excluding hydrogens is 302 g/mol. The van der Waals surface area contributed by atoms with E-state index in [4.69, 9.17) is 9.84 Å². The van der Waals surface area contributed by atoms with Gasteiger partial charge >= 0.3 is 11.9 Å². The number of carboxylic acids is 1. The minimum atomic E-state index is -0.765. The smallest absolute Gasteiger partial charge is 0.311 e. The number of ether oxygens (including phenoxy) is 1. The number of esters is 1. The number of benzene rings is 1. The Labute approximate surface area is 134 Å². The van der Waals surface area contributed by atoms with E-state index in [-0.39, 0.29) is 18.1 Å². The number of carboxylic acid groups (broad SMARTS) is 1. The average Bonchev–Trinajstić information content (AvgIpc) is 2.50. The van der Waals surface area contributed by atoms with Crippen molar-refractivity contribution in [2.75, 3.05) is 0 Å². The lowest BCUT2D eigenvalue weighted by molar-refractivity contribution is -0.384. The topological polar surface area (TPSA) is 107 Å². The van der Waals surface area contributed by atoms with Gasteiger partial charge in [-0.2, -0.15) is 0 Å². The molecule has 0 aliphatic rings. The number of hydrogen-bond donors (Lipinski definition) is 1. The van der Waals surface area contributed by atoms with E-state index in [1.54, 1.807) is 0 Å². The lowest BCUT2D eigenvalue weighted by Gasteiger charge is -2.04. The highest BCUT2D eigenvalue weighted by atomic mass is 16.6. The molecule has 0 heterocycles. The molecule has 0 radical (unpaired) electrons. The van der Waals surface area contributed by atoms with E-state index < -0.39 is 10.9 Å². The molecule has 0 saturated carbocycles. The summed E-state index contributed by atoms with van der Waals surface area (Å²) in [6, 6.07) is 5.39. The van der Waals surface area contributed by atoms with Crippen LogP contribution in [0.5, 0.6) is 5.75 Å². The van der Waals surface area contributed by atoms with Crippen LogP contribution >= 0.6 is 0 Å². The Kier molecular flexibility index (Phi) is 8.34. The van der Waals surface area contributed by atoms with Crippen molar-refractivity contribution >= 4 is 17.6 Å². The van der Waals surface area contributed by atoms with Crippen LogP contribution < -0.4 is 4.74 Å². The van der Waals surface area contributed by atoms with Gasteiger partial charge in [0.1, 0.15) is 5.75 Å². The van der Waals surface area contributed by atoms with Crippen LogP contribution in [0, 0.1) is 10.1 Å². The standard InChI is InChI=1S/C16H21NO6/c18-15(19)7-5-3-1-2-4-6-8-16(20)23-14-11-9-13(10-12-14)17(21)22/h9-12H,1-8H2,(H,18,19). The molecule has 0 atom stereocenters. The summed E-state index contributed by atoms with van der Waals surface area (Å²) in [5.74, 6) is -0.821. The Hall–Kier alpha value is -2.44. The second-order valence-electron chi connectivity index (χ2n) is 5.24. The largest absolute Gasteiger partial charge is 0.481 e.